The van der Waals surface area contributed by atoms with Gasteiger partial charge >= 0.3 is 5.97 Å². The SMILES string of the molecule is COc1cc(CCOCC(=O)O)ccc1Br. The van der Waals surface area contributed by atoms with Gasteiger partial charge in [-0.3, -0.25) is 0 Å². The van der Waals surface area contributed by atoms with Crippen molar-refractivity contribution in [3.8, 4) is 5.75 Å². The fourth-order valence-corrected chi connectivity index (χ4v) is 1.62. The van der Waals surface area contributed by atoms with Crippen LogP contribution in [0, 0.1) is 0 Å². The minimum atomic E-state index is -0.951. The van der Waals surface area contributed by atoms with Gasteiger partial charge in [0, 0.05) is 0 Å². The summed E-state index contributed by atoms with van der Waals surface area (Å²) in [7, 11) is 1.60. The number of aliphatic carboxylic acids is 1. The zero-order valence-electron chi connectivity index (χ0n) is 8.90. The van der Waals surface area contributed by atoms with Crippen molar-refractivity contribution in [2.45, 2.75) is 6.42 Å². The predicted octanol–water partition coefficient (Wildman–Crippen LogP) is 2.10. The second-order valence-corrected chi connectivity index (χ2v) is 4.02. The van der Waals surface area contributed by atoms with Crippen LogP contribution in [0.2, 0.25) is 0 Å². The van der Waals surface area contributed by atoms with Crippen LogP contribution in [0.3, 0.4) is 0 Å². The lowest BCUT2D eigenvalue weighted by Gasteiger charge is -2.06. The molecule has 1 aromatic rings. The lowest BCUT2D eigenvalue weighted by molar-refractivity contribution is -0.142. The zero-order chi connectivity index (χ0) is 12.0. The second-order valence-electron chi connectivity index (χ2n) is 3.17. The zero-order valence-corrected chi connectivity index (χ0v) is 10.5. The molecule has 0 unspecified atom stereocenters. The number of carboxylic acids is 1. The summed E-state index contributed by atoms with van der Waals surface area (Å²) < 4.78 is 11.0. The number of carboxylic acid groups (broad SMARTS) is 1. The normalized spacial score (nSPS) is 10.1. The molecule has 1 rings (SSSR count). The molecule has 0 aromatic heterocycles. The molecule has 0 saturated carbocycles. The molecule has 0 spiro atoms. The average molecular weight is 289 g/mol. The van der Waals surface area contributed by atoms with Crippen LogP contribution < -0.4 is 4.74 Å². The number of rotatable bonds is 6. The van der Waals surface area contributed by atoms with E-state index in [2.05, 4.69) is 15.9 Å². The van der Waals surface area contributed by atoms with E-state index in [9.17, 15) is 4.79 Å². The summed E-state index contributed by atoms with van der Waals surface area (Å²) >= 11 is 3.36. The van der Waals surface area contributed by atoms with Crippen molar-refractivity contribution in [2.75, 3.05) is 20.3 Å². The van der Waals surface area contributed by atoms with Crippen LogP contribution in [-0.2, 0) is 16.0 Å². The number of methoxy groups -OCH3 is 1. The Balaban J connectivity index is 2.45. The Bertz CT molecular complexity index is 365. The van der Waals surface area contributed by atoms with E-state index in [4.69, 9.17) is 14.6 Å². The first kappa shape index (κ1) is 13.0. The Labute approximate surface area is 102 Å². The van der Waals surface area contributed by atoms with E-state index in [0.29, 0.717) is 13.0 Å². The maximum absolute atomic E-state index is 10.2. The molecule has 4 nitrogen and oxygen atoms in total. The third kappa shape index (κ3) is 4.20. The van der Waals surface area contributed by atoms with Crippen molar-refractivity contribution in [2.24, 2.45) is 0 Å². The highest BCUT2D eigenvalue weighted by atomic mass is 79.9. The summed E-state index contributed by atoms with van der Waals surface area (Å²) in [6, 6.07) is 5.73. The first-order chi connectivity index (χ1) is 7.63. The molecule has 1 N–H and O–H groups in total. The third-order valence-electron chi connectivity index (χ3n) is 1.98. The van der Waals surface area contributed by atoms with Gasteiger partial charge in [-0.15, -0.1) is 0 Å². The van der Waals surface area contributed by atoms with Crippen molar-refractivity contribution < 1.29 is 19.4 Å². The molecule has 0 bridgehead atoms. The lowest BCUT2D eigenvalue weighted by atomic mass is 10.1. The average Bonchev–Trinajstić information content (AvgIpc) is 2.26. The van der Waals surface area contributed by atoms with E-state index in [1.54, 1.807) is 7.11 Å². The largest absolute Gasteiger partial charge is 0.496 e. The highest BCUT2D eigenvalue weighted by molar-refractivity contribution is 9.10. The maximum Gasteiger partial charge on any atom is 0.329 e. The van der Waals surface area contributed by atoms with Gasteiger partial charge in [-0.1, -0.05) is 6.07 Å². The number of carbonyl (C=O) groups is 1. The number of benzene rings is 1. The van der Waals surface area contributed by atoms with Crippen LogP contribution in [0.25, 0.3) is 0 Å². The van der Waals surface area contributed by atoms with Crippen LogP contribution in [0.1, 0.15) is 5.56 Å². The van der Waals surface area contributed by atoms with Gasteiger partial charge in [0.15, 0.2) is 0 Å². The molecule has 0 aliphatic rings. The van der Waals surface area contributed by atoms with E-state index >= 15 is 0 Å². The minimum Gasteiger partial charge on any atom is -0.496 e. The summed E-state index contributed by atoms with van der Waals surface area (Å²) in [5.41, 5.74) is 1.05. The van der Waals surface area contributed by atoms with Gasteiger partial charge in [-0.05, 0) is 40.0 Å². The monoisotopic (exact) mass is 288 g/mol. The summed E-state index contributed by atoms with van der Waals surface area (Å²) in [6.45, 7) is 0.130. The molecule has 1 aromatic carbocycles. The molecule has 0 atom stereocenters. The van der Waals surface area contributed by atoms with Gasteiger partial charge in [-0.2, -0.15) is 0 Å². The first-order valence-electron chi connectivity index (χ1n) is 4.75. The Morgan fingerprint density at radius 1 is 1.50 bits per heavy atom. The fraction of sp³-hybridized carbons (Fsp3) is 0.364. The van der Waals surface area contributed by atoms with Crippen molar-refractivity contribution in [1.82, 2.24) is 0 Å². The molecular formula is C11H13BrO4. The van der Waals surface area contributed by atoms with Gasteiger partial charge in [0.25, 0.3) is 0 Å². The topological polar surface area (TPSA) is 55.8 Å². The van der Waals surface area contributed by atoms with Gasteiger partial charge < -0.3 is 14.6 Å². The van der Waals surface area contributed by atoms with Crippen molar-refractivity contribution in [1.29, 1.82) is 0 Å². The highest BCUT2D eigenvalue weighted by Gasteiger charge is 2.02. The van der Waals surface area contributed by atoms with Gasteiger partial charge in [0.1, 0.15) is 12.4 Å². The molecule has 0 aliphatic heterocycles. The standard InChI is InChI=1S/C11H13BrO4/c1-15-10-6-8(2-3-9(10)12)4-5-16-7-11(13)14/h2-3,6H,4-5,7H2,1H3,(H,13,14). The predicted molar refractivity (Wildman–Crippen MR) is 62.9 cm³/mol. The molecule has 0 aliphatic carbocycles. The van der Waals surface area contributed by atoms with Gasteiger partial charge in [0.2, 0.25) is 0 Å². The Kier molecular flexibility index (Phi) is 5.28. The van der Waals surface area contributed by atoms with E-state index in [0.717, 1.165) is 15.8 Å². The quantitative estimate of drug-likeness (QED) is 0.815. The summed E-state index contributed by atoms with van der Waals surface area (Å²) in [5, 5.41) is 8.38. The lowest BCUT2D eigenvalue weighted by Crippen LogP contribution is -2.09. The molecular weight excluding hydrogens is 276 g/mol. The molecule has 0 fully saturated rings. The molecule has 0 heterocycles. The van der Waals surface area contributed by atoms with E-state index in [1.807, 2.05) is 18.2 Å². The number of ether oxygens (including phenoxy) is 2. The van der Waals surface area contributed by atoms with Crippen LogP contribution in [0.15, 0.2) is 22.7 Å². The molecule has 88 valence electrons. The number of halogens is 1. The molecule has 5 heteroatoms. The molecule has 0 amide bonds. The summed E-state index contributed by atoms with van der Waals surface area (Å²) in [5.74, 6) is -0.191. The third-order valence-corrected chi connectivity index (χ3v) is 2.63. The minimum absolute atomic E-state index is 0.256. The van der Waals surface area contributed by atoms with Crippen LogP contribution >= 0.6 is 15.9 Å². The van der Waals surface area contributed by atoms with Crippen molar-refractivity contribution in [3.63, 3.8) is 0 Å². The van der Waals surface area contributed by atoms with Crippen LogP contribution in [-0.4, -0.2) is 31.4 Å². The Hall–Kier alpha value is -1.07. The second kappa shape index (κ2) is 6.50. The van der Waals surface area contributed by atoms with Gasteiger partial charge in [0.05, 0.1) is 18.2 Å². The van der Waals surface area contributed by atoms with Crippen LogP contribution in [0.4, 0.5) is 0 Å². The number of hydrogen-bond donors (Lipinski definition) is 1. The van der Waals surface area contributed by atoms with Crippen molar-refractivity contribution >= 4 is 21.9 Å². The molecule has 0 radical (unpaired) electrons. The van der Waals surface area contributed by atoms with Crippen molar-refractivity contribution in [3.05, 3.63) is 28.2 Å². The summed E-state index contributed by atoms with van der Waals surface area (Å²) in [4.78, 5) is 10.2. The molecule has 16 heavy (non-hydrogen) atoms. The molecule has 0 saturated heterocycles. The Morgan fingerprint density at radius 3 is 2.88 bits per heavy atom. The van der Waals surface area contributed by atoms with E-state index in [1.165, 1.54) is 0 Å². The first-order valence-corrected chi connectivity index (χ1v) is 5.54. The number of hydrogen-bond acceptors (Lipinski definition) is 3. The Morgan fingerprint density at radius 2 is 2.25 bits per heavy atom. The smallest absolute Gasteiger partial charge is 0.329 e. The van der Waals surface area contributed by atoms with Gasteiger partial charge in [-0.25, -0.2) is 4.79 Å². The van der Waals surface area contributed by atoms with E-state index < -0.39 is 5.97 Å². The highest BCUT2D eigenvalue weighted by Crippen LogP contribution is 2.25. The summed E-state index contributed by atoms with van der Waals surface area (Å²) in [6.07, 6.45) is 0.664. The fourth-order valence-electron chi connectivity index (χ4n) is 1.21. The van der Waals surface area contributed by atoms with E-state index in [-0.39, 0.29) is 6.61 Å². The van der Waals surface area contributed by atoms with Crippen LogP contribution in [0.5, 0.6) is 5.75 Å². The maximum atomic E-state index is 10.2.